The number of carbonyl (C=O) groups excluding carboxylic acids is 1. The standard InChI is InChI=1S/C7H9Br2NO4S/c8-6(9)3-14-7(11)10-5-1-2-15(12,13)4-5/h1-2,5-6H,3-4H2,(H,10,11)/t5-/m1/s1. The fourth-order valence-corrected chi connectivity index (χ4v) is 2.50. The van der Waals surface area contributed by atoms with E-state index < -0.39 is 22.0 Å². The molecule has 1 amide bonds. The molecule has 0 fully saturated rings. The van der Waals surface area contributed by atoms with Gasteiger partial charge in [-0.2, -0.15) is 0 Å². The topological polar surface area (TPSA) is 72.5 Å². The van der Waals surface area contributed by atoms with Crippen LogP contribution >= 0.6 is 31.9 Å². The number of ether oxygens (including phenoxy) is 1. The predicted octanol–water partition coefficient (Wildman–Crippen LogP) is 1.14. The Kier molecular flexibility index (Phi) is 4.60. The molecule has 15 heavy (non-hydrogen) atoms. The summed E-state index contributed by atoms with van der Waals surface area (Å²) in [5, 5.41) is 3.51. The lowest BCUT2D eigenvalue weighted by molar-refractivity contribution is 0.151. The molecule has 0 aromatic carbocycles. The zero-order valence-corrected chi connectivity index (χ0v) is 11.5. The van der Waals surface area contributed by atoms with E-state index in [9.17, 15) is 13.2 Å². The van der Waals surface area contributed by atoms with E-state index in [0.29, 0.717) is 0 Å². The van der Waals surface area contributed by atoms with E-state index in [1.807, 2.05) is 0 Å². The lowest BCUT2D eigenvalue weighted by Crippen LogP contribution is -2.36. The summed E-state index contributed by atoms with van der Waals surface area (Å²) in [5.74, 6) is -0.103. The van der Waals surface area contributed by atoms with Gasteiger partial charge in [-0.25, -0.2) is 13.2 Å². The van der Waals surface area contributed by atoms with E-state index in [-0.39, 0.29) is 16.1 Å². The highest BCUT2D eigenvalue weighted by Gasteiger charge is 2.23. The first kappa shape index (κ1) is 13.0. The summed E-state index contributed by atoms with van der Waals surface area (Å²) in [6, 6.07) is -0.494. The second kappa shape index (κ2) is 5.31. The van der Waals surface area contributed by atoms with Crippen LogP contribution in [0.1, 0.15) is 0 Å². The van der Waals surface area contributed by atoms with E-state index in [4.69, 9.17) is 4.74 Å². The van der Waals surface area contributed by atoms with Gasteiger partial charge in [-0.1, -0.05) is 31.9 Å². The minimum atomic E-state index is -3.14. The van der Waals surface area contributed by atoms with Gasteiger partial charge in [0.05, 0.1) is 11.8 Å². The number of hydrogen-bond donors (Lipinski definition) is 1. The lowest BCUT2D eigenvalue weighted by atomic mass is 10.3. The molecule has 86 valence electrons. The smallest absolute Gasteiger partial charge is 0.407 e. The van der Waals surface area contributed by atoms with Gasteiger partial charge in [-0.05, 0) is 6.08 Å². The van der Waals surface area contributed by atoms with Gasteiger partial charge in [0.1, 0.15) is 10.3 Å². The number of rotatable bonds is 3. The normalized spacial score (nSPS) is 23.0. The number of alkyl halides is 2. The first-order chi connectivity index (χ1) is 6.89. The van der Waals surface area contributed by atoms with Crippen LogP contribution in [0, 0.1) is 0 Å². The number of hydrogen-bond acceptors (Lipinski definition) is 4. The molecule has 0 aromatic heterocycles. The summed E-state index contributed by atoms with van der Waals surface area (Å²) in [7, 11) is -3.14. The zero-order valence-electron chi connectivity index (χ0n) is 7.52. The van der Waals surface area contributed by atoms with Crippen molar-refractivity contribution in [1.29, 1.82) is 0 Å². The van der Waals surface area contributed by atoms with Crippen LogP contribution in [-0.4, -0.2) is 36.6 Å². The summed E-state index contributed by atoms with van der Waals surface area (Å²) in [6.45, 7) is 0.162. The average Bonchev–Trinajstić information content (AvgIpc) is 2.42. The highest BCUT2D eigenvalue weighted by molar-refractivity contribution is 9.24. The summed E-state index contributed by atoms with van der Waals surface area (Å²) in [4.78, 5) is 11.1. The SMILES string of the molecule is O=C(N[C@@H]1C=CS(=O)(=O)C1)OCC(Br)Br. The van der Waals surface area contributed by atoms with Crippen molar-refractivity contribution in [3.05, 3.63) is 11.5 Å². The fraction of sp³-hybridized carbons (Fsp3) is 0.571. The summed E-state index contributed by atoms with van der Waals surface area (Å²) in [5.41, 5.74) is 0. The van der Waals surface area contributed by atoms with E-state index in [2.05, 4.69) is 37.2 Å². The lowest BCUT2D eigenvalue weighted by Gasteiger charge is -2.10. The third-order valence-electron chi connectivity index (χ3n) is 1.57. The van der Waals surface area contributed by atoms with Crippen molar-refractivity contribution in [3.8, 4) is 0 Å². The van der Waals surface area contributed by atoms with Gasteiger partial charge in [0, 0.05) is 5.41 Å². The second-order valence-electron chi connectivity index (χ2n) is 2.90. The van der Waals surface area contributed by atoms with Crippen molar-refractivity contribution in [1.82, 2.24) is 5.32 Å². The molecule has 1 atom stereocenters. The van der Waals surface area contributed by atoms with Crippen molar-refractivity contribution in [2.24, 2.45) is 0 Å². The Morgan fingerprint density at radius 1 is 1.60 bits per heavy atom. The zero-order chi connectivity index (χ0) is 11.5. The van der Waals surface area contributed by atoms with Crippen molar-refractivity contribution in [3.63, 3.8) is 0 Å². The molecule has 0 aromatic rings. The van der Waals surface area contributed by atoms with Gasteiger partial charge in [0.2, 0.25) is 0 Å². The quantitative estimate of drug-likeness (QED) is 0.764. The number of carbonyl (C=O) groups is 1. The molecular weight excluding hydrogens is 354 g/mol. The van der Waals surface area contributed by atoms with Gasteiger partial charge in [-0.15, -0.1) is 0 Å². The predicted molar refractivity (Wildman–Crippen MR) is 62.8 cm³/mol. The molecule has 0 unspecified atom stereocenters. The van der Waals surface area contributed by atoms with E-state index in [1.54, 1.807) is 0 Å². The molecule has 1 N–H and O–H groups in total. The maximum absolute atomic E-state index is 11.1. The van der Waals surface area contributed by atoms with Crippen LogP contribution in [0.4, 0.5) is 4.79 Å². The molecule has 1 aliphatic rings. The molecule has 1 rings (SSSR count). The Bertz CT molecular complexity index is 365. The molecule has 0 saturated heterocycles. The summed E-state index contributed by atoms with van der Waals surface area (Å²) in [6.07, 6.45) is 0.793. The first-order valence-corrected chi connectivity index (χ1v) is 7.56. The largest absolute Gasteiger partial charge is 0.447 e. The molecule has 0 aliphatic carbocycles. The minimum absolute atomic E-state index is 0.103. The fourth-order valence-electron chi connectivity index (χ4n) is 0.997. The first-order valence-electron chi connectivity index (χ1n) is 4.01. The molecular formula is C7H9Br2NO4S. The van der Waals surface area contributed by atoms with Crippen LogP contribution in [-0.2, 0) is 14.6 Å². The Morgan fingerprint density at radius 2 is 2.27 bits per heavy atom. The third-order valence-corrected chi connectivity index (χ3v) is 3.50. The van der Waals surface area contributed by atoms with Crippen LogP contribution in [0.25, 0.3) is 0 Å². The molecule has 8 heteroatoms. The maximum Gasteiger partial charge on any atom is 0.407 e. The second-order valence-corrected chi connectivity index (χ2v) is 8.27. The molecule has 0 spiro atoms. The Balaban J connectivity index is 2.32. The van der Waals surface area contributed by atoms with Crippen LogP contribution in [0.2, 0.25) is 0 Å². The van der Waals surface area contributed by atoms with Crippen molar-refractivity contribution >= 4 is 47.8 Å². The van der Waals surface area contributed by atoms with Crippen LogP contribution < -0.4 is 5.32 Å². The summed E-state index contributed by atoms with van der Waals surface area (Å²) >= 11 is 6.27. The van der Waals surface area contributed by atoms with Gasteiger partial charge in [0.15, 0.2) is 9.84 Å². The highest BCUT2D eigenvalue weighted by atomic mass is 79.9. The molecule has 0 saturated carbocycles. The van der Waals surface area contributed by atoms with Gasteiger partial charge in [-0.3, -0.25) is 0 Å². The van der Waals surface area contributed by atoms with Crippen molar-refractivity contribution in [2.75, 3.05) is 12.4 Å². The Morgan fingerprint density at radius 3 is 2.73 bits per heavy atom. The number of nitrogens with one attached hydrogen (secondary N) is 1. The minimum Gasteiger partial charge on any atom is -0.447 e. The Labute approximate surface area is 104 Å². The van der Waals surface area contributed by atoms with E-state index >= 15 is 0 Å². The molecule has 5 nitrogen and oxygen atoms in total. The highest BCUT2D eigenvalue weighted by Crippen LogP contribution is 2.09. The van der Waals surface area contributed by atoms with Crippen LogP contribution in [0.5, 0.6) is 0 Å². The average molecular weight is 363 g/mol. The van der Waals surface area contributed by atoms with Crippen molar-refractivity contribution < 1.29 is 17.9 Å². The van der Waals surface area contributed by atoms with Crippen molar-refractivity contribution in [2.45, 2.75) is 9.78 Å². The monoisotopic (exact) mass is 361 g/mol. The molecule has 1 aliphatic heterocycles. The van der Waals surface area contributed by atoms with Gasteiger partial charge in [0.25, 0.3) is 0 Å². The molecule has 0 bridgehead atoms. The number of amides is 1. The van der Waals surface area contributed by atoms with Gasteiger partial charge >= 0.3 is 6.09 Å². The number of alkyl carbamates (subject to hydrolysis) is 1. The van der Waals surface area contributed by atoms with Crippen LogP contribution in [0.3, 0.4) is 0 Å². The van der Waals surface area contributed by atoms with E-state index in [0.717, 1.165) is 5.41 Å². The molecule has 1 heterocycles. The number of sulfone groups is 1. The molecule has 0 radical (unpaired) electrons. The summed E-state index contributed by atoms with van der Waals surface area (Å²) < 4.78 is 26.6. The number of halogens is 2. The van der Waals surface area contributed by atoms with E-state index in [1.165, 1.54) is 6.08 Å². The van der Waals surface area contributed by atoms with Crippen LogP contribution in [0.15, 0.2) is 11.5 Å². The third kappa shape index (κ3) is 4.98. The Hall–Kier alpha value is -0.0800. The van der Waals surface area contributed by atoms with Gasteiger partial charge < -0.3 is 10.1 Å². The maximum atomic E-state index is 11.1.